The van der Waals surface area contributed by atoms with Crippen molar-refractivity contribution >= 4 is 9.84 Å². The lowest BCUT2D eigenvalue weighted by Crippen LogP contribution is -2.29. The molecule has 0 radical (unpaired) electrons. The number of aromatic nitrogens is 2. The Morgan fingerprint density at radius 1 is 1.50 bits per heavy atom. The van der Waals surface area contributed by atoms with Crippen molar-refractivity contribution in [3.8, 4) is 0 Å². The zero-order valence-corrected chi connectivity index (χ0v) is 11.8. The van der Waals surface area contributed by atoms with Crippen LogP contribution in [0.1, 0.15) is 25.7 Å². The molecule has 6 heteroatoms. The molecule has 2 rings (SSSR count). The number of hydrogen-bond donors (Lipinski definition) is 1. The average molecular weight is 271 g/mol. The van der Waals surface area contributed by atoms with Gasteiger partial charge in [0.2, 0.25) is 0 Å². The summed E-state index contributed by atoms with van der Waals surface area (Å²) < 4.78 is 24.4. The van der Waals surface area contributed by atoms with E-state index >= 15 is 0 Å². The van der Waals surface area contributed by atoms with Crippen LogP contribution in [0.3, 0.4) is 0 Å². The predicted octanol–water partition coefficient (Wildman–Crippen LogP) is 1.06. The molecule has 102 valence electrons. The highest BCUT2D eigenvalue weighted by Crippen LogP contribution is 2.28. The van der Waals surface area contributed by atoms with Crippen molar-refractivity contribution in [3.05, 3.63) is 12.4 Å². The molecule has 1 aromatic rings. The Hall–Kier alpha value is -0.880. The molecule has 0 amide bonds. The standard InChI is InChI=1S/C12H21N3O2S/c1-13-12-5-3-4-10(12)6-7-15-9-11(8-14-15)18(2,16)17/h8-10,12-13H,3-7H2,1-2H3. The summed E-state index contributed by atoms with van der Waals surface area (Å²) in [5, 5.41) is 7.47. The summed E-state index contributed by atoms with van der Waals surface area (Å²) in [6.45, 7) is 0.790. The van der Waals surface area contributed by atoms with Gasteiger partial charge < -0.3 is 5.32 Å². The monoisotopic (exact) mass is 271 g/mol. The molecule has 0 saturated heterocycles. The van der Waals surface area contributed by atoms with E-state index in [1.165, 1.54) is 31.7 Å². The quantitative estimate of drug-likeness (QED) is 0.870. The molecule has 1 saturated carbocycles. The molecule has 0 bridgehead atoms. The van der Waals surface area contributed by atoms with Crippen LogP contribution < -0.4 is 5.32 Å². The second-order valence-electron chi connectivity index (χ2n) is 5.09. The third-order valence-corrected chi connectivity index (χ3v) is 4.86. The van der Waals surface area contributed by atoms with Crippen molar-refractivity contribution in [1.82, 2.24) is 15.1 Å². The van der Waals surface area contributed by atoms with Gasteiger partial charge in [0.1, 0.15) is 4.90 Å². The lowest BCUT2D eigenvalue weighted by atomic mass is 10.00. The van der Waals surface area contributed by atoms with Gasteiger partial charge in [-0.1, -0.05) is 6.42 Å². The van der Waals surface area contributed by atoms with E-state index in [-0.39, 0.29) is 0 Å². The maximum absolute atomic E-state index is 11.3. The number of nitrogens with zero attached hydrogens (tertiary/aromatic N) is 2. The SMILES string of the molecule is CNC1CCCC1CCn1cc(S(C)(=O)=O)cn1. The molecule has 5 nitrogen and oxygen atoms in total. The van der Waals surface area contributed by atoms with Gasteiger partial charge in [0.05, 0.1) is 6.20 Å². The maximum atomic E-state index is 11.3. The molecule has 1 fully saturated rings. The van der Waals surface area contributed by atoms with Gasteiger partial charge in [-0.25, -0.2) is 8.42 Å². The molecule has 1 aliphatic rings. The van der Waals surface area contributed by atoms with Gasteiger partial charge in [-0.15, -0.1) is 0 Å². The fourth-order valence-electron chi connectivity index (χ4n) is 2.72. The number of sulfone groups is 1. The first-order chi connectivity index (χ1) is 8.50. The van der Waals surface area contributed by atoms with Crippen LogP contribution >= 0.6 is 0 Å². The topological polar surface area (TPSA) is 64.0 Å². The molecule has 0 aromatic carbocycles. The van der Waals surface area contributed by atoms with Gasteiger partial charge in [-0.2, -0.15) is 5.10 Å². The van der Waals surface area contributed by atoms with E-state index in [0.717, 1.165) is 13.0 Å². The van der Waals surface area contributed by atoms with Crippen molar-refractivity contribution < 1.29 is 8.42 Å². The smallest absolute Gasteiger partial charge is 0.178 e. The molecule has 1 aliphatic carbocycles. The summed E-state index contributed by atoms with van der Waals surface area (Å²) in [6.07, 6.45) is 9.10. The Kier molecular flexibility index (Phi) is 4.07. The normalized spacial score (nSPS) is 24.6. The van der Waals surface area contributed by atoms with Crippen LogP contribution in [0.5, 0.6) is 0 Å². The van der Waals surface area contributed by atoms with Crippen LogP contribution in [0.15, 0.2) is 17.3 Å². The van der Waals surface area contributed by atoms with E-state index < -0.39 is 9.84 Å². The molecule has 2 atom stereocenters. The minimum Gasteiger partial charge on any atom is -0.317 e. The van der Waals surface area contributed by atoms with Crippen LogP contribution in [-0.4, -0.2) is 37.5 Å². The number of hydrogen-bond acceptors (Lipinski definition) is 4. The van der Waals surface area contributed by atoms with E-state index in [4.69, 9.17) is 0 Å². The molecule has 0 spiro atoms. The lowest BCUT2D eigenvalue weighted by Gasteiger charge is -2.18. The van der Waals surface area contributed by atoms with Gasteiger partial charge in [-0.3, -0.25) is 4.68 Å². The third-order valence-electron chi connectivity index (χ3n) is 3.80. The minimum atomic E-state index is -3.13. The average Bonchev–Trinajstić information content (AvgIpc) is 2.94. The Morgan fingerprint density at radius 2 is 2.28 bits per heavy atom. The van der Waals surface area contributed by atoms with Crippen LogP contribution in [0.4, 0.5) is 0 Å². The fraction of sp³-hybridized carbons (Fsp3) is 0.750. The van der Waals surface area contributed by atoms with Crippen LogP contribution in [0, 0.1) is 5.92 Å². The van der Waals surface area contributed by atoms with Crippen molar-refractivity contribution in [2.24, 2.45) is 5.92 Å². The molecular formula is C12H21N3O2S. The third kappa shape index (κ3) is 3.11. The van der Waals surface area contributed by atoms with Crippen LogP contribution in [-0.2, 0) is 16.4 Å². The van der Waals surface area contributed by atoms with Gasteiger partial charge in [0, 0.05) is 25.0 Å². The Labute approximate surface area is 108 Å². The molecular weight excluding hydrogens is 250 g/mol. The lowest BCUT2D eigenvalue weighted by molar-refractivity contribution is 0.369. The largest absolute Gasteiger partial charge is 0.317 e. The first-order valence-corrected chi connectivity index (χ1v) is 8.29. The number of aryl methyl sites for hydroxylation is 1. The van der Waals surface area contributed by atoms with Gasteiger partial charge in [0.25, 0.3) is 0 Å². The summed E-state index contributed by atoms with van der Waals surface area (Å²) in [4.78, 5) is 0.305. The highest BCUT2D eigenvalue weighted by Gasteiger charge is 2.25. The van der Waals surface area contributed by atoms with E-state index in [2.05, 4.69) is 10.4 Å². The van der Waals surface area contributed by atoms with E-state index in [1.54, 1.807) is 10.9 Å². The van der Waals surface area contributed by atoms with Crippen molar-refractivity contribution in [1.29, 1.82) is 0 Å². The zero-order chi connectivity index (χ0) is 13.2. The van der Waals surface area contributed by atoms with Crippen molar-refractivity contribution in [2.45, 2.75) is 43.2 Å². The number of rotatable bonds is 5. The summed E-state index contributed by atoms with van der Waals surface area (Å²) in [7, 11) is -1.12. The van der Waals surface area contributed by atoms with E-state index in [9.17, 15) is 8.42 Å². The first kappa shape index (κ1) is 13.5. The Bertz CT molecular complexity index is 495. The van der Waals surface area contributed by atoms with Crippen LogP contribution in [0.2, 0.25) is 0 Å². The Balaban J connectivity index is 1.92. The van der Waals surface area contributed by atoms with Crippen molar-refractivity contribution in [3.63, 3.8) is 0 Å². The van der Waals surface area contributed by atoms with Gasteiger partial charge >= 0.3 is 0 Å². The maximum Gasteiger partial charge on any atom is 0.178 e. The molecule has 1 aromatic heterocycles. The molecule has 1 N–H and O–H groups in total. The highest BCUT2D eigenvalue weighted by atomic mass is 32.2. The summed E-state index contributed by atoms with van der Waals surface area (Å²) in [5.74, 6) is 0.681. The summed E-state index contributed by atoms with van der Waals surface area (Å²) >= 11 is 0. The van der Waals surface area contributed by atoms with Gasteiger partial charge in [0.15, 0.2) is 9.84 Å². The Morgan fingerprint density at radius 3 is 2.89 bits per heavy atom. The molecule has 1 heterocycles. The van der Waals surface area contributed by atoms with Crippen LogP contribution in [0.25, 0.3) is 0 Å². The van der Waals surface area contributed by atoms with E-state index in [1.807, 2.05) is 7.05 Å². The minimum absolute atomic E-state index is 0.305. The second-order valence-corrected chi connectivity index (χ2v) is 7.10. The van der Waals surface area contributed by atoms with Gasteiger partial charge in [-0.05, 0) is 32.2 Å². The van der Waals surface area contributed by atoms with Crippen molar-refractivity contribution in [2.75, 3.05) is 13.3 Å². The predicted molar refractivity (Wildman–Crippen MR) is 70.1 cm³/mol. The molecule has 18 heavy (non-hydrogen) atoms. The molecule has 2 unspecified atom stereocenters. The molecule has 0 aliphatic heterocycles. The highest BCUT2D eigenvalue weighted by molar-refractivity contribution is 7.90. The first-order valence-electron chi connectivity index (χ1n) is 6.40. The second kappa shape index (κ2) is 5.40. The fourth-order valence-corrected chi connectivity index (χ4v) is 3.27. The zero-order valence-electron chi connectivity index (χ0n) is 11.0. The summed E-state index contributed by atoms with van der Waals surface area (Å²) in [6, 6.07) is 0.606. The number of nitrogens with one attached hydrogen (secondary N) is 1. The summed E-state index contributed by atoms with van der Waals surface area (Å²) in [5.41, 5.74) is 0. The van der Waals surface area contributed by atoms with E-state index in [0.29, 0.717) is 16.9 Å².